The topological polar surface area (TPSA) is 81.1 Å². The zero-order chi connectivity index (χ0) is 23.1. The van der Waals surface area contributed by atoms with Gasteiger partial charge >= 0.3 is 0 Å². The number of aryl methyl sites for hydroxylation is 1. The van der Waals surface area contributed by atoms with Gasteiger partial charge in [0.1, 0.15) is 6.29 Å². The number of allylic oxidation sites excluding steroid dienone is 3. The second-order valence-electron chi connectivity index (χ2n) is 8.51. The lowest BCUT2D eigenvalue weighted by molar-refractivity contribution is -0.117. The van der Waals surface area contributed by atoms with Crippen LogP contribution < -0.4 is 16.8 Å². The van der Waals surface area contributed by atoms with Gasteiger partial charge < -0.3 is 21.6 Å². The molecule has 0 radical (unpaired) electrons. The first-order valence-corrected chi connectivity index (χ1v) is 11.2. The molecule has 0 aromatic heterocycles. The third kappa shape index (κ3) is 5.42. The molecule has 5 heteroatoms. The van der Waals surface area contributed by atoms with E-state index >= 15 is 0 Å². The van der Waals surface area contributed by atoms with E-state index in [1.807, 2.05) is 33.0 Å². The second-order valence-corrected chi connectivity index (χ2v) is 8.94. The molecule has 0 aliphatic heterocycles. The summed E-state index contributed by atoms with van der Waals surface area (Å²) in [7, 11) is 1.85. The number of benzene rings is 1. The first-order valence-electron chi connectivity index (χ1n) is 10.9. The summed E-state index contributed by atoms with van der Waals surface area (Å²) in [6.45, 7) is 12.8. The average molecular weight is 434 g/mol. The smallest absolute Gasteiger partial charge is 0.141 e. The van der Waals surface area contributed by atoms with Crippen LogP contribution in [-0.2, 0) is 4.79 Å². The van der Waals surface area contributed by atoms with Gasteiger partial charge in [0.05, 0.1) is 11.1 Å². The second kappa shape index (κ2) is 11.2. The molecule has 1 aliphatic rings. The minimum absolute atomic E-state index is 0.0839. The molecule has 2 rings (SSSR count). The predicted molar refractivity (Wildman–Crippen MR) is 130 cm³/mol. The summed E-state index contributed by atoms with van der Waals surface area (Å²) >= 11 is 6.19. The van der Waals surface area contributed by atoms with E-state index in [4.69, 9.17) is 23.1 Å². The van der Waals surface area contributed by atoms with Crippen LogP contribution in [0.1, 0.15) is 64.5 Å². The van der Waals surface area contributed by atoms with Crippen LogP contribution in [0.3, 0.4) is 0 Å². The van der Waals surface area contributed by atoms with Gasteiger partial charge in [-0.2, -0.15) is 0 Å². The van der Waals surface area contributed by atoms with Gasteiger partial charge in [-0.15, -0.1) is 0 Å². The number of aldehydes is 1. The molecule has 4 nitrogen and oxygen atoms in total. The van der Waals surface area contributed by atoms with Crippen LogP contribution in [0.25, 0.3) is 0 Å². The van der Waals surface area contributed by atoms with Crippen LogP contribution >= 0.6 is 11.6 Å². The van der Waals surface area contributed by atoms with Gasteiger partial charge in [-0.3, -0.25) is 0 Å². The average Bonchev–Trinajstić information content (AvgIpc) is 2.70. The molecule has 0 heterocycles. The molecule has 5 N–H and O–H groups in total. The van der Waals surface area contributed by atoms with Crippen molar-refractivity contribution < 1.29 is 4.79 Å². The summed E-state index contributed by atoms with van der Waals surface area (Å²) < 4.78 is 0. The molecule has 1 aliphatic carbocycles. The summed E-state index contributed by atoms with van der Waals surface area (Å²) in [6, 6.07) is 6.01. The summed E-state index contributed by atoms with van der Waals surface area (Å²) in [5.41, 5.74) is 16.3. The third-order valence-electron chi connectivity index (χ3n) is 6.17. The number of likely N-dealkylation sites (N-methyl/N-ethyl adjacent to an activating group) is 1. The van der Waals surface area contributed by atoms with Crippen LogP contribution in [0.5, 0.6) is 0 Å². The highest BCUT2D eigenvalue weighted by Gasteiger charge is 2.57. The first kappa shape index (κ1) is 26.6. The van der Waals surface area contributed by atoms with E-state index in [9.17, 15) is 4.79 Å². The number of nitrogens with two attached hydrogens (primary N) is 2. The lowest BCUT2D eigenvalue weighted by atomic mass is 9.55. The van der Waals surface area contributed by atoms with E-state index in [1.165, 1.54) is 11.1 Å². The highest BCUT2D eigenvalue weighted by atomic mass is 35.5. The van der Waals surface area contributed by atoms with Gasteiger partial charge in [0.15, 0.2) is 0 Å². The molecule has 0 saturated heterocycles. The number of carbonyl (C=O) groups is 1. The maximum absolute atomic E-state index is 12.1. The predicted octanol–water partition coefficient (Wildman–Crippen LogP) is 4.89. The van der Waals surface area contributed by atoms with Crippen LogP contribution in [-0.4, -0.2) is 31.0 Å². The van der Waals surface area contributed by atoms with E-state index in [1.54, 1.807) is 0 Å². The normalized spacial score (nSPS) is 28.9. The van der Waals surface area contributed by atoms with Crippen LogP contribution in [0, 0.1) is 12.8 Å². The lowest BCUT2D eigenvalue weighted by Crippen LogP contribution is -2.76. The molecule has 1 aromatic carbocycles. The Bertz CT molecular complexity index is 785. The van der Waals surface area contributed by atoms with E-state index < -0.39 is 11.1 Å². The standard InChI is InChI=1S/C23H34ClN3O.C2H6/c1-15(2)6-7-16(3)21-20(19-9-8-18(24)12-17(19)4)10-11-22(25,14-28)23(21,26)13-27-5;1-2/h6-9,12,14,20-21,27H,10-11,13,25-26H2,1-5H3;1-2H3/b16-7+;. The molecule has 4 unspecified atom stereocenters. The van der Waals surface area contributed by atoms with E-state index in [0.29, 0.717) is 13.0 Å². The minimum Gasteiger partial charge on any atom is -0.322 e. The van der Waals surface area contributed by atoms with Crippen molar-refractivity contribution in [3.05, 3.63) is 57.6 Å². The molecular formula is C25H40ClN3O. The number of halogens is 1. The highest BCUT2D eigenvalue weighted by molar-refractivity contribution is 6.30. The van der Waals surface area contributed by atoms with Crippen molar-refractivity contribution in [2.45, 2.75) is 71.4 Å². The van der Waals surface area contributed by atoms with Crippen molar-refractivity contribution >= 4 is 17.9 Å². The van der Waals surface area contributed by atoms with Crippen molar-refractivity contribution in [1.29, 1.82) is 0 Å². The largest absolute Gasteiger partial charge is 0.322 e. The number of rotatable bonds is 6. The Labute approximate surface area is 188 Å². The van der Waals surface area contributed by atoms with Gasteiger partial charge in [0.25, 0.3) is 0 Å². The fraction of sp³-hybridized carbons (Fsp3) is 0.560. The highest BCUT2D eigenvalue weighted by Crippen LogP contribution is 2.49. The molecule has 1 aromatic rings. The Morgan fingerprint density at radius 3 is 2.37 bits per heavy atom. The Morgan fingerprint density at radius 1 is 1.23 bits per heavy atom. The number of hydrogen-bond donors (Lipinski definition) is 3. The molecule has 0 amide bonds. The quantitative estimate of drug-likeness (QED) is 0.440. The molecular weight excluding hydrogens is 394 g/mol. The molecule has 1 fully saturated rings. The zero-order valence-corrected chi connectivity index (χ0v) is 20.4. The van der Waals surface area contributed by atoms with Gasteiger partial charge in [0, 0.05) is 17.5 Å². The Hall–Kier alpha value is -1.46. The molecule has 30 heavy (non-hydrogen) atoms. The van der Waals surface area contributed by atoms with Crippen LogP contribution in [0.15, 0.2) is 41.5 Å². The monoisotopic (exact) mass is 433 g/mol. The maximum Gasteiger partial charge on any atom is 0.141 e. The minimum atomic E-state index is -1.09. The fourth-order valence-electron chi connectivity index (χ4n) is 4.69. The van der Waals surface area contributed by atoms with E-state index in [0.717, 1.165) is 28.9 Å². The van der Waals surface area contributed by atoms with Gasteiger partial charge in [0.2, 0.25) is 0 Å². The van der Waals surface area contributed by atoms with Crippen LogP contribution in [0.2, 0.25) is 5.02 Å². The Balaban J connectivity index is 0.00000218. The number of carbonyl (C=O) groups excluding carboxylic acids is 1. The maximum atomic E-state index is 12.1. The SMILES string of the molecule is CC.CNCC1(N)C(/C(C)=C/C=C(C)C)C(c2ccc(Cl)cc2C)CCC1(N)C=O. The summed E-state index contributed by atoms with van der Waals surface area (Å²) in [5, 5.41) is 3.91. The van der Waals surface area contributed by atoms with Crippen molar-refractivity contribution in [3.63, 3.8) is 0 Å². The molecule has 0 spiro atoms. The lowest BCUT2D eigenvalue weighted by Gasteiger charge is -2.55. The molecule has 0 bridgehead atoms. The zero-order valence-electron chi connectivity index (χ0n) is 19.7. The van der Waals surface area contributed by atoms with Crippen LogP contribution in [0.4, 0.5) is 0 Å². The van der Waals surface area contributed by atoms with Gasteiger partial charge in [-0.05, 0) is 76.8 Å². The van der Waals surface area contributed by atoms with Crippen molar-refractivity contribution in [2.75, 3.05) is 13.6 Å². The Kier molecular flexibility index (Phi) is 9.96. The number of nitrogens with one attached hydrogen (secondary N) is 1. The number of hydrogen-bond acceptors (Lipinski definition) is 4. The van der Waals surface area contributed by atoms with Crippen molar-refractivity contribution in [3.8, 4) is 0 Å². The van der Waals surface area contributed by atoms with E-state index in [2.05, 4.69) is 51.2 Å². The Morgan fingerprint density at radius 2 is 1.87 bits per heavy atom. The van der Waals surface area contributed by atoms with Gasteiger partial charge in [-0.25, -0.2) is 0 Å². The van der Waals surface area contributed by atoms with Crippen molar-refractivity contribution in [2.24, 2.45) is 17.4 Å². The summed E-state index contributed by atoms with van der Waals surface area (Å²) in [4.78, 5) is 12.1. The van der Waals surface area contributed by atoms with Gasteiger partial charge in [-0.1, -0.05) is 54.8 Å². The molecule has 1 saturated carbocycles. The first-order chi connectivity index (χ1) is 14.1. The molecule has 168 valence electrons. The van der Waals surface area contributed by atoms with E-state index in [-0.39, 0.29) is 11.8 Å². The fourth-order valence-corrected chi connectivity index (χ4v) is 4.92. The summed E-state index contributed by atoms with van der Waals surface area (Å²) in [6.07, 6.45) is 6.41. The third-order valence-corrected chi connectivity index (χ3v) is 6.41. The molecule has 4 atom stereocenters. The summed E-state index contributed by atoms with van der Waals surface area (Å²) in [5.74, 6) is 0.0772. The van der Waals surface area contributed by atoms with Crippen molar-refractivity contribution in [1.82, 2.24) is 5.32 Å².